The van der Waals surface area contributed by atoms with Crippen molar-refractivity contribution in [3.63, 3.8) is 0 Å². The topological polar surface area (TPSA) is 67.2 Å². The lowest BCUT2D eigenvalue weighted by molar-refractivity contribution is -0.125. The average Bonchev–Trinajstić information content (AvgIpc) is 2.38. The first-order valence-corrected chi connectivity index (χ1v) is 6.02. The normalized spacial score (nSPS) is 18.8. The van der Waals surface area contributed by atoms with E-state index in [1.165, 1.54) is 5.56 Å². The second-order valence-corrected chi connectivity index (χ2v) is 4.54. The number of hydrogen-bond acceptors (Lipinski definition) is 3. The van der Waals surface area contributed by atoms with Gasteiger partial charge in [0.15, 0.2) is 0 Å². The minimum Gasteiger partial charge on any atom is -0.368 e. The van der Waals surface area contributed by atoms with Gasteiger partial charge in [-0.1, -0.05) is 30.3 Å². The summed E-state index contributed by atoms with van der Waals surface area (Å²) in [5.74, 6) is -0.241. The second-order valence-electron chi connectivity index (χ2n) is 4.54. The van der Waals surface area contributed by atoms with Crippen molar-refractivity contribution in [1.82, 2.24) is 10.6 Å². The van der Waals surface area contributed by atoms with E-state index in [2.05, 4.69) is 10.6 Å². The molecule has 4 heteroatoms. The van der Waals surface area contributed by atoms with E-state index in [9.17, 15) is 4.79 Å². The zero-order chi connectivity index (χ0) is 12.1. The Labute approximate surface area is 102 Å². The Hall–Kier alpha value is -1.39. The number of carbonyl (C=O) groups excluding carboxylic acids is 1. The van der Waals surface area contributed by atoms with E-state index < -0.39 is 5.54 Å². The number of nitrogens with one attached hydrogen (secondary N) is 2. The molecule has 0 spiro atoms. The first-order valence-electron chi connectivity index (χ1n) is 6.02. The highest BCUT2D eigenvalue weighted by Gasteiger charge is 2.37. The number of piperidine rings is 1. The fourth-order valence-corrected chi connectivity index (χ4v) is 2.23. The zero-order valence-corrected chi connectivity index (χ0v) is 9.91. The highest BCUT2D eigenvalue weighted by molar-refractivity contribution is 5.84. The van der Waals surface area contributed by atoms with Crippen LogP contribution in [-0.4, -0.2) is 24.5 Å². The largest absolute Gasteiger partial charge is 0.368 e. The molecule has 1 aromatic carbocycles. The zero-order valence-electron chi connectivity index (χ0n) is 9.91. The molecule has 1 saturated heterocycles. The van der Waals surface area contributed by atoms with Gasteiger partial charge in [-0.2, -0.15) is 0 Å². The van der Waals surface area contributed by atoms with Crippen LogP contribution >= 0.6 is 0 Å². The van der Waals surface area contributed by atoms with Gasteiger partial charge in [-0.15, -0.1) is 0 Å². The van der Waals surface area contributed by atoms with Crippen LogP contribution in [-0.2, 0) is 11.3 Å². The van der Waals surface area contributed by atoms with Gasteiger partial charge in [0.1, 0.15) is 5.54 Å². The minimum atomic E-state index is -0.541. The van der Waals surface area contributed by atoms with Crippen molar-refractivity contribution in [3.8, 4) is 0 Å². The number of amides is 1. The third-order valence-electron chi connectivity index (χ3n) is 3.40. The molecular weight excluding hydrogens is 214 g/mol. The molecule has 92 valence electrons. The molecule has 1 amide bonds. The van der Waals surface area contributed by atoms with Crippen LogP contribution in [0.5, 0.6) is 0 Å². The summed E-state index contributed by atoms with van der Waals surface area (Å²) < 4.78 is 0. The van der Waals surface area contributed by atoms with Crippen LogP contribution in [0, 0.1) is 0 Å². The molecule has 0 bridgehead atoms. The SMILES string of the molecule is NC(=O)C1(NCc2ccccc2)CCNCC1. The monoisotopic (exact) mass is 233 g/mol. The van der Waals surface area contributed by atoms with Gasteiger partial charge in [0.25, 0.3) is 0 Å². The molecule has 0 unspecified atom stereocenters. The van der Waals surface area contributed by atoms with Gasteiger partial charge >= 0.3 is 0 Å². The maximum absolute atomic E-state index is 11.6. The Morgan fingerprint density at radius 1 is 1.29 bits per heavy atom. The standard InChI is InChI=1S/C13H19N3O/c14-12(17)13(6-8-15-9-7-13)16-10-11-4-2-1-3-5-11/h1-5,15-16H,6-10H2,(H2,14,17). The molecule has 0 aromatic heterocycles. The summed E-state index contributed by atoms with van der Waals surface area (Å²) in [6, 6.07) is 10.1. The maximum Gasteiger partial charge on any atom is 0.237 e. The molecule has 4 nitrogen and oxygen atoms in total. The van der Waals surface area contributed by atoms with Gasteiger partial charge in [-0.25, -0.2) is 0 Å². The van der Waals surface area contributed by atoms with Gasteiger partial charge < -0.3 is 11.1 Å². The van der Waals surface area contributed by atoms with Crippen LogP contribution in [0.1, 0.15) is 18.4 Å². The smallest absolute Gasteiger partial charge is 0.237 e. The van der Waals surface area contributed by atoms with Crippen molar-refractivity contribution in [2.75, 3.05) is 13.1 Å². The molecule has 2 rings (SSSR count). The number of hydrogen-bond donors (Lipinski definition) is 3. The first kappa shape index (κ1) is 12.1. The number of carbonyl (C=O) groups is 1. The molecule has 4 N–H and O–H groups in total. The lowest BCUT2D eigenvalue weighted by Crippen LogP contribution is -2.59. The van der Waals surface area contributed by atoms with Crippen molar-refractivity contribution < 1.29 is 4.79 Å². The highest BCUT2D eigenvalue weighted by atomic mass is 16.1. The van der Waals surface area contributed by atoms with E-state index in [-0.39, 0.29) is 5.91 Å². The number of benzene rings is 1. The van der Waals surface area contributed by atoms with Crippen LogP contribution in [0.3, 0.4) is 0 Å². The van der Waals surface area contributed by atoms with E-state index in [0.29, 0.717) is 6.54 Å². The third-order valence-corrected chi connectivity index (χ3v) is 3.40. The molecule has 17 heavy (non-hydrogen) atoms. The molecule has 0 atom stereocenters. The minimum absolute atomic E-state index is 0.241. The Balaban J connectivity index is 2.01. The number of primary amides is 1. The van der Waals surface area contributed by atoms with E-state index >= 15 is 0 Å². The number of rotatable bonds is 4. The molecule has 1 fully saturated rings. The Kier molecular flexibility index (Phi) is 3.76. The van der Waals surface area contributed by atoms with Crippen LogP contribution in [0.4, 0.5) is 0 Å². The van der Waals surface area contributed by atoms with Crippen LogP contribution in [0.25, 0.3) is 0 Å². The van der Waals surface area contributed by atoms with Gasteiger partial charge in [0.2, 0.25) is 5.91 Å². The Bertz CT molecular complexity index is 372. The molecule has 0 saturated carbocycles. The average molecular weight is 233 g/mol. The summed E-state index contributed by atoms with van der Waals surface area (Å²) >= 11 is 0. The van der Waals surface area contributed by atoms with Gasteiger partial charge in [-0.3, -0.25) is 10.1 Å². The second kappa shape index (κ2) is 5.29. The lowest BCUT2D eigenvalue weighted by Gasteiger charge is -2.35. The van der Waals surface area contributed by atoms with Crippen molar-refractivity contribution in [3.05, 3.63) is 35.9 Å². The Morgan fingerprint density at radius 3 is 2.53 bits per heavy atom. The van der Waals surface area contributed by atoms with Crippen LogP contribution in [0.15, 0.2) is 30.3 Å². The van der Waals surface area contributed by atoms with Crippen molar-refractivity contribution in [2.24, 2.45) is 5.73 Å². The molecule has 1 aliphatic heterocycles. The summed E-state index contributed by atoms with van der Waals surface area (Å²) in [4.78, 5) is 11.6. The summed E-state index contributed by atoms with van der Waals surface area (Å²) in [5, 5.41) is 6.58. The van der Waals surface area contributed by atoms with Crippen LogP contribution in [0.2, 0.25) is 0 Å². The van der Waals surface area contributed by atoms with E-state index in [1.54, 1.807) is 0 Å². The van der Waals surface area contributed by atoms with E-state index in [4.69, 9.17) is 5.73 Å². The molecule has 0 radical (unpaired) electrons. The van der Waals surface area contributed by atoms with Gasteiger partial charge in [-0.05, 0) is 31.5 Å². The summed E-state index contributed by atoms with van der Waals surface area (Å²) in [5.41, 5.74) is 6.17. The maximum atomic E-state index is 11.6. The molecule has 1 aromatic rings. The molecule has 0 aliphatic carbocycles. The molecular formula is C13H19N3O. The molecule has 1 aliphatic rings. The van der Waals surface area contributed by atoms with Gasteiger partial charge in [0, 0.05) is 6.54 Å². The summed E-state index contributed by atoms with van der Waals surface area (Å²) in [7, 11) is 0. The fourth-order valence-electron chi connectivity index (χ4n) is 2.23. The summed E-state index contributed by atoms with van der Waals surface area (Å²) in [6.07, 6.45) is 1.52. The quantitative estimate of drug-likeness (QED) is 0.704. The predicted octanol–water partition coefficient (Wildman–Crippen LogP) is 0.384. The lowest BCUT2D eigenvalue weighted by atomic mass is 9.87. The Morgan fingerprint density at radius 2 is 1.94 bits per heavy atom. The van der Waals surface area contributed by atoms with E-state index in [1.807, 2.05) is 30.3 Å². The third kappa shape index (κ3) is 2.84. The fraction of sp³-hybridized carbons (Fsp3) is 0.462. The predicted molar refractivity (Wildman–Crippen MR) is 67.3 cm³/mol. The van der Waals surface area contributed by atoms with E-state index in [0.717, 1.165) is 25.9 Å². The van der Waals surface area contributed by atoms with Crippen molar-refractivity contribution in [2.45, 2.75) is 24.9 Å². The van der Waals surface area contributed by atoms with Gasteiger partial charge in [0.05, 0.1) is 0 Å². The summed E-state index contributed by atoms with van der Waals surface area (Å²) in [6.45, 7) is 2.36. The number of nitrogens with two attached hydrogens (primary N) is 1. The highest BCUT2D eigenvalue weighted by Crippen LogP contribution is 2.18. The van der Waals surface area contributed by atoms with Crippen LogP contribution < -0.4 is 16.4 Å². The first-order chi connectivity index (χ1) is 8.23. The van der Waals surface area contributed by atoms with Crippen molar-refractivity contribution >= 4 is 5.91 Å². The van der Waals surface area contributed by atoms with Crippen molar-refractivity contribution in [1.29, 1.82) is 0 Å². The molecule has 1 heterocycles.